The molecule has 0 bridgehead atoms. The predicted octanol–water partition coefficient (Wildman–Crippen LogP) is 6.94. The van der Waals surface area contributed by atoms with Crippen molar-refractivity contribution in [3.05, 3.63) is 87.9 Å². The van der Waals surface area contributed by atoms with Gasteiger partial charge in [0.15, 0.2) is 0 Å². The molecule has 0 aliphatic carbocycles. The molecular formula is C31H37Cl2N3O4S2. The van der Waals surface area contributed by atoms with Crippen LogP contribution in [0, 0.1) is 6.92 Å². The molecule has 1 N–H and O–H groups in total. The van der Waals surface area contributed by atoms with Crippen LogP contribution in [-0.4, -0.2) is 50.0 Å². The number of halogens is 2. The molecule has 7 nitrogen and oxygen atoms in total. The highest BCUT2D eigenvalue weighted by atomic mass is 35.5. The number of rotatable bonds is 13. The largest absolute Gasteiger partial charge is 0.352 e. The molecular weight excluding hydrogens is 613 g/mol. The molecule has 42 heavy (non-hydrogen) atoms. The lowest BCUT2D eigenvalue weighted by molar-refractivity contribution is -0.140. The smallest absolute Gasteiger partial charge is 0.264 e. The summed E-state index contributed by atoms with van der Waals surface area (Å²) < 4.78 is 29.1. The highest BCUT2D eigenvalue weighted by molar-refractivity contribution is 7.98. The summed E-state index contributed by atoms with van der Waals surface area (Å²) in [5.74, 6) is -0.900. The van der Waals surface area contributed by atoms with Crippen LogP contribution in [0.4, 0.5) is 5.69 Å². The van der Waals surface area contributed by atoms with Crippen LogP contribution in [0.15, 0.2) is 76.5 Å². The summed E-state index contributed by atoms with van der Waals surface area (Å²) in [7, 11) is -4.16. The van der Waals surface area contributed by atoms with Crippen molar-refractivity contribution < 1.29 is 18.0 Å². The van der Waals surface area contributed by atoms with Crippen molar-refractivity contribution in [2.24, 2.45) is 0 Å². The van der Waals surface area contributed by atoms with E-state index in [4.69, 9.17) is 23.2 Å². The van der Waals surface area contributed by atoms with E-state index in [2.05, 4.69) is 5.32 Å². The standard InChI is InChI=1S/C31H37Cl2N3O4S2/c1-6-22(4)34-31(38)29(7-2)35(19-26-27(32)9-8-10-28(26)33)30(37)20-36(23-13-11-21(3)12-14-23)42(39,40)25-17-15-24(41-5)16-18-25/h8-18,22,29H,6-7,19-20H2,1-5H3,(H,34,38)/t22-,29+/m0/s1. The lowest BCUT2D eigenvalue weighted by atomic mass is 10.1. The van der Waals surface area contributed by atoms with Crippen molar-refractivity contribution in [1.29, 1.82) is 0 Å². The first-order chi connectivity index (χ1) is 19.9. The fraction of sp³-hybridized carbons (Fsp3) is 0.355. The first-order valence-electron chi connectivity index (χ1n) is 13.7. The molecule has 2 atom stereocenters. The summed E-state index contributed by atoms with van der Waals surface area (Å²) in [6.07, 6.45) is 2.91. The van der Waals surface area contributed by atoms with Gasteiger partial charge in [0, 0.05) is 33.1 Å². The Labute approximate surface area is 263 Å². The predicted molar refractivity (Wildman–Crippen MR) is 173 cm³/mol. The zero-order valence-corrected chi connectivity index (χ0v) is 27.6. The van der Waals surface area contributed by atoms with Gasteiger partial charge in [-0.05, 0) is 81.5 Å². The Balaban J connectivity index is 2.09. The number of carbonyl (C=O) groups is 2. The maximum atomic E-state index is 14.2. The summed E-state index contributed by atoms with van der Waals surface area (Å²) in [5, 5.41) is 3.64. The number of nitrogens with zero attached hydrogens (tertiary/aromatic N) is 2. The van der Waals surface area contributed by atoms with Gasteiger partial charge >= 0.3 is 0 Å². The van der Waals surface area contributed by atoms with Crippen molar-refractivity contribution in [2.45, 2.75) is 69.0 Å². The van der Waals surface area contributed by atoms with Gasteiger partial charge in [0.05, 0.1) is 10.6 Å². The van der Waals surface area contributed by atoms with Gasteiger partial charge in [0.1, 0.15) is 12.6 Å². The lowest BCUT2D eigenvalue weighted by Crippen LogP contribution is -2.53. The molecule has 11 heteroatoms. The van der Waals surface area contributed by atoms with Gasteiger partial charge in [-0.2, -0.15) is 0 Å². The second kappa shape index (κ2) is 15.1. The normalized spacial score (nSPS) is 12.8. The van der Waals surface area contributed by atoms with E-state index in [0.717, 1.165) is 14.8 Å². The molecule has 0 spiro atoms. The second-order valence-electron chi connectivity index (χ2n) is 9.99. The Bertz CT molecular complexity index is 1460. The quantitative estimate of drug-likeness (QED) is 0.203. The number of hydrogen-bond donors (Lipinski definition) is 1. The maximum Gasteiger partial charge on any atom is 0.264 e. The number of nitrogens with one attached hydrogen (secondary N) is 1. The fourth-order valence-corrected chi connectivity index (χ4v) is 6.67. The van der Waals surface area contributed by atoms with E-state index < -0.39 is 28.5 Å². The van der Waals surface area contributed by atoms with Crippen molar-refractivity contribution in [3.63, 3.8) is 0 Å². The second-order valence-corrected chi connectivity index (χ2v) is 13.5. The van der Waals surface area contributed by atoms with Crippen LogP contribution in [0.1, 0.15) is 44.7 Å². The molecule has 3 aromatic rings. The molecule has 0 unspecified atom stereocenters. The zero-order valence-electron chi connectivity index (χ0n) is 24.4. The number of amides is 2. The summed E-state index contributed by atoms with van der Waals surface area (Å²) in [6.45, 7) is 6.92. The van der Waals surface area contributed by atoms with Crippen LogP contribution in [0.25, 0.3) is 0 Å². The van der Waals surface area contributed by atoms with E-state index in [9.17, 15) is 18.0 Å². The molecule has 0 aliphatic heterocycles. The number of thioether (sulfide) groups is 1. The fourth-order valence-electron chi connectivity index (χ4n) is 4.33. The zero-order chi connectivity index (χ0) is 31.0. The Kier molecular flexibility index (Phi) is 12.2. The Hall–Kier alpha value is -2.72. The third-order valence-electron chi connectivity index (χ3n) is 7.03. The van der Waals surface area contributed by atoms with Crippen LogP contribution < -0.4 is 9.62 Å². The summed E-state index contributed by atoms with van der Waals surface area (Å²) in [6, 6.07) is 17.4. The van der Waals surface area contributed by atoms with E-state index in [1.807, 2.05) is 27.0 Å². The van der Waals surface area contributed by atoms with Crippen LogP contribution in [0.3, 0.4) is 0 Å². The molecule has 2 amide bonds. The van der Waals surface area contributed by atoms with Gasteiger partial charge in [-0.1, -0.05) is 60.8 Å². The number of carbonyl (C=O) groups excluding carboxylic acids is 2. The number of sulfonamides is 1. The minimum absolute atomic E-state index is 0.0518. The molecule has 226 valence electrons. The Morgan fingerprint density at radius 3 is 2.05 bits per heavy atom. The average Bonchev–Trinajstić information content (AvgIpc) is 2.97. The SMILES string of the molecule is CC[C@H](C(=O)N[C@@H](C)CC)N(Cc1c(Cl)cccc1Cl)C(=O)CN(c1ccc(C)cc1)S(=O)(=O)c1ccc(SC)cc1. The minimum Gasteiger partial charge on any atom is -0.352 e. The summed E-state index contributed by atoms with van der Waals surface area (Å²) in [5.41, 5.74) is 1.74. The Morgan fingerprint density at radius 2 is 1.52 bits per heavy atom. The van der Waals surface area contributed by atoms with Gasteiger partial charge in [0.2, 0.25) is 11.8 Å². The number of aryl methyl sites for hydroxylation is 1. The van der Waals surface area contributed by atoms with E-state index in [1.54, 1.807) is 61.5 Å². The Morgan fingerprint density at radius 1 is 0.929 bits per heavy atom. The molecule has 0 radical (unpaired) electrons. The highest BCUT2D eigenvalue weighted by Gasteiger charge is 2.34. The molecule has 0 saturated carbocycles. The molecule has 0 aliphatic rings. The highest BCUT2D eigenvalue weighted by Crippen LogP contribution is 2.29. The van der Waals surface area contributed by atoms with E-state index in [-0.39, 0.29) is 23.4 Å². The maximum absolute atomic E-state index is 14.2. The van der Waals surface area contributed by atoms with Gasteiger partial charge in [0.25, 0.3) is 10.0 Å². The third kappa shape index (κ3) is 8.22. The molecule has 3 aromatic carbocycles. The minimum atomic E-state index is -4.16. The number of anilines is 1. The third-order valence-corrected chi connectivity index (χ3v) is 10.3. The number of benzene rings is 3. The topological polar surface area (TPSA) is 86.8 Å². The van der Waals surface area contributed by atoms with Gasteiger partial charge in [-0.15, -0.1) is 11.8 Å². The lowest BCUT2D eigenvalue weighted by Gasteiger charge is -2.34. The average molecular weight is 651 g/mol. The molecule has 0 saturated heterocycles. The molecule has 0 fully saturated rings. The monoisotopic (exact) mass is 649 g/mol. The van der Waals surface area contributed by atoms with Crippen LogP contribution in [-0.2, 0) is 26.2 Å². The van der Waals surface area contributed by atoms with Crippen molar-refractivity contribution in [1.82, 2.24) is 10.2 Å². The van der Waals surface area contributed by atoms with Crippen LogP contribution >= 0.6 is 35.0 Å². The molecule has 0 aromatic heterocycles. The van der Waals surface area contributed by atoms with Gasteiger partial charge in [-0.25, -0.2) is 8.42 Å². The number of hydrogen-bond acceptors (Lipinski definition) is 5. The van der Waals surface area contributed by atoms with E-state index in [0.29, 0.717) is 34.1 Å². The summed E-state index contributed by atoms with van der Waals surface area (Å²) >= 11 is 14.4. The van der Waals surface area contributed by atoms with Gasteiger partial charge in [-0.3, -0.25) is 13.9 Å². The first-order valence-corrected chi connectivity index (χ1v) is 17.1. The first kappa shape index (κ1) is 33.8. The summed E-state index contributed by atoms with van der Waals surface area (Å²) in [4.78, 5) is 30.0. The van der Waals surface area contributed by atoms with Crippen molar-refractivity contribution >= 4 is 62.5 Å². The van der Waals surface area contributed by atoms with Crippen molar-refractivity contribution in [3.8, 4) is 0 Å². The molecule has 3 rings (SSSR count). The van der Waals surface area contributed by atoms with Crippen LogP contribution in [0.2, 0.25) is 10.0 Å². The van der Waals surface area contributed by atoms with Gasteiger partial charge < -0.3 is 10.2 Å². The van der Waals surface area contributed by atoms with Crippen LogP contribution in [0.5, 0.6) is 0 Å². The van der Waals surface area contributed by atoms with E-state index in [1.165, 1.54) is 28.8 Å². The van der Waals surface area contributed by atoms with E-state index >= 15 is 0 Å². The van der Waals surface area contributed by atoms with Crippen molar-refractivity contribution in [2.75, 3.05) is 17.1 Å². The molecule has 0 heterocycles.